The first-order chi connectivity index (χ1) is 8.04. The minimum absolute atomic E-state index is 0.0606. The summed E-state index contributed by atoms with van der Waals surface area (Å²) in [5.74, 6) is 0.593. The molecular weight excluding hydrogens is 214 g/mol. The number of rotatable bonds is 5. The Morgan fingerprint density at radius 2 is 1.76 bits per heavy atom. The SMILES string of the molecule is CC(C)Cc1ccc(C(O)C(O)CC#N)cc1. The molecule has 2 atom stereocenters. The lowest BCUT2D eigenvalue weighted by molar-refractivity contribution is 0.0216. The molecular formula is C14H19NO2. The number of hydrogen-bond acceptors (Lipinski definition) is 3. The molecule has 0 fully saturated rings. The van der Waals surface area contributed by atoms with Crippen molar-refractivity contribution >= 4 is 0 Å². The molecule has 17 heavy (non-hydrogen) atoms. The van der Waals surface area contributed by atoms with Gasteiger partial charge in [-0.15, -0.1) is 0 Å². The van der Waals surface area contributed by atoms with Gasteiger partial charge in [0.2, 0.25) is 0 Å². The summed E-state index contributed by atoms with van der Waals surface area (Å²) in [6.07, 6.45) is -1.06. The quantitative estimate of drug-likeness (QED) is 0.819. The molecule has 0 spiro atoms. The Morgan fingerprint density at radius 3 is 2.24 bits per heavy atom. The van der Waals surface area contributed by atoms with Crippen LogP contribution in [0.4, 0.5) is 0 Å². The molecule has 3 nitrogen and oxygen atoms in total. The van der Waals surface area contributed by atoms with Gasteiger partial charge < -0.3 is 10.2 Å². The zero-order valence-electron chi connectivity index (χ0n) is 10.3. The molecule has 0 bridgehead atoms. The first kappa shape index (κ1) is 13.7. The standard InChI is InChI=1S/C14H19NO2/c1-10(2)9-11-3-5-12(6-4-11)14(17)13(16)7-8-15/h3-6,10,13-14,16-17H,7,9H2,1-2H3. The summed E-state index contributed by atoms with van der Waals surface area (Å²) >= 11 is 0. The maximum Gasteiger partial charge on any atom is 0.106 e. The van der Waals surface area contributed by atoms with Crippen LogP contribution in [0.15, 0.2) is 24.3 Å². The van der Waals surface area contributed by atoms with Crippen LogP contribution in [-0.2, 0) is 6.42 Å². The van der Waals surface area contributed by atoms with Crippen molar-refractivity contribution in [3.8, 4) is 6.07 Å². The first-order valence-corrected chi connectivity index (χ1v) is 5.86. The molecule has 0 aliphatic carbocycles. The Labute approximate surface area is 102 Å². The van der Waals surface area contributed by atoms with Crippen LogP contribution in [0.5, 0.6) is 0 Å². The van der Waals surface area contributed by atoms with E-state index in [0.29, 0.717) is 11.5 Å². The third kappa shape index (κ3) is 4.18. The van der Waals surface area contributed by atoms with E-state index in [9.17, 15) is 10.2 Å². The van der Waals surface area contributed by atoms with Gasteiger partial charge in [-0.05, 0) is 23.5 Å². The van der Waals surface area contributed by atoms with Crippen molar-refractivity contribution < 1.29 is 10.2 Å². The van der Waals surface area contributed by atoms with Crippen LogP contribution in [0.3, 0.4) is 0 Å². The molecule has 2 N–H and O–H groups in total. The van der Waals surface area contributed by atoms with Crippen molar-refractivity contribution in [2.45, 2.75) is 38.9 Å². The summed E-state index contributed by atoms with van der Waals surface area (Å²) in [6, 6.07) is 9.37. The van der Waals surface area contributed by atoms with Crippen LogP contribution in [0.25, 0.3) is 0 Å². The van der Waals surface area contributed by atoms with E-state index in [1.165, 1.54) is 5.56 Å². The molecule has 3 heteroatoms. The van der Waals surface area contributed by atoms with Crippen LogP contribution in [0.1, 0.15) is 37.5 Å². The Balaban J connectivity index is 2.70. The van der Waals surface area contributed by atoms with E-state index < -0.39 is 12.2 Å². The summed E-state index contributed by atoms with van der Waals surface area (Å²) in [7, 11) is 0. The van der Waals surface area contributed by atoms with Crippen molar-refractivity contribution in [1.29, 1.82) is 5.26 Å². The van der Waals surface area contributed by atoms with Gasteiger partial charge in [-0.1, -0.05) is 38.1 Å². The van der Waals surface area contributed by atoms with Gasteiger partial charge in [-0.2, -0.15) is 5.26 Å². The lowest BCUT2D eigenvalue weighted by Gasteiger charge is -2.16. The average Bonchev–Trinajstić information content (AvgIpc) is 2.28. The van der Waals surface area contributed by atoms with Crippen LogP contribution in [0, 0.1) is 17.2 Å². The number of aliphatic hydroxyl groups is 2. The van der Waals surface area contributed by atoms with Crippen LogP contribution < -0.4 is 0 Å². The molecule has 1 rings (SSSR count). The summed E-state index contributed by atoms with van der Waals surface area (Å²) < 4.78 is 0. The minimum atomic E-state index is -1.02. The fourth-order valence-corrected chi connectivity index (χ4v) is 1.75. The Kier molecular flexibility index (Phi) is 5.14. The summed E-state index contributed by atoms with van der Waals surface area (Å²) in [6.45, 7) is 4.30. The van der Waals surface area contributed by atoms with Gasteiger partial charge in [0, 0.05) is 0 Å². The van der Waals surface area contributed by atoms with Crippen LogP contribution >= 0.6 is 0 Å². The van der Waals surface area contributed by atoms with Gasteiger partial charge in [-0.25, -0.2) is 0 Å². The molecule has 1 aromatic carbocycles. The fourth-order valence-electron chi connectivity index (χ4n) is 1.75. The zero-order chi connectivity index (χ0) is 12.8. The van der Waals surface area contributed by atoms with E-state index >= 15 is 0 Å². The van der Waals surface area contributed by atoms with E-state index in [2.05, 4.69) is 13.8 Å². The molecule has 0 amide bonds. The Morgan fingerprint density at radius 1 is 1.18 bits per heavy atom. The highest BCUT2D eigenvalue weighted by Gasteiger charge is 2.17. The number of hydrogen-bond donors (Lipinski definition) is 2. The van der Waals surface area contributed by atoms with Crippen LogP contribution in [-0.4, -0.2) is 16.3 Å². The first-order valence-electron chi connectivity index (χ1n) is 5.86. The second-order valence-corrected chi connectivity index (χ2v) is 4.71. The van der Waals surface area contributed by atoms with Gasteiger partial charge >= 0.3 is 0 Å². The van der Waals surface area contributed by atoms with E-state index in [-0.39, 0.29) is 6.42 Å². The molecule has 0 saturated carbocycles. The maximum atomic E-state index is 9.79. The second-order valence-electron chi connectivity index (χ2n) is 4.71. The number of aliphatic hydroxyl groups excluding tert-OH is 2. The van der Waals surface area contributed by atoms with E-state index in [1.54, 1.807) is 0 Å². The Bertz CT molecular complexity index is 378. The predicted molar refractivity (Wildman–Crippen MR) is 66.2 cm³/mol. The van der Waals surface area contributed by atoms with Gasteiger partial charge in [0.1, 0.15) is 6.10 Å². The average molecular weight is 233 g/mol. The normalized spacial score (nSPS) is 14.4. The highest BCUT2D eigenvalue weighted by Crippen LogP contribution is 2.20. The van der Waals surface area contributed by atoms with Crippen molar-refractivity contribution in [2.24, 2.45) is 5.92 Å². The monoisotopic (exact) mass is 233 g/mol. The Hall–Kier alpha value is -1.37. The lowest BCUT2D eigenvalue weighted by atomic mass is 9.98. The topological polar surface area (TPSA) is 64.2 Å². The predicted octanol–water partition coefficient (Wildman–Crippen LogP) is 2.19. The molecule has 2 unspecified atom stereocenters. The largest absolute Gasteiger partial charge is 0.389 e. The lowest BCUT2D eigenvalue weighted by Crippen LogP contribution is -2.17. The van der Waals surface area contributed by atoms with Gasteiger partial charge in [0.15, 0.2) is 0 Å². The molecule has 0 aliphatic heterocycles. The smallest absolute Gasteiger partial charge is 0.106 e. The van der Waals surface area contributed by atoms with Crippen LogP contribution in [0.2, 0.25) is 0 Å². The molecule has 0 heterocycles. The fraction of sp³-hybridized carbons (Fsp3) is 0.500. The molecule has 92 valence electrons. The van der Waals surface area contributed by atoms with E-state index in [4.69, 9.17) is 5.26 Å². The number of benzene rings is 1. The van der Waals surface area contributed by atoms with Crippen molar-refractivity contribution in [1.82, 2.24) is 0 Å². The minimum Gasteiger partial charge on any atom is -0.389 e. The maximum absolute atomic E-state index is 9.79. The number of nitriles is 1. The third-order valence-electron chi connectivity index (χ3n) is 2.63. The molecule has 1 aromatic rings. The highest BCUT2D eigenvalue weighted by molar-refractivity contribution is 5.25. The number of nitrogens with zero attached hydrogens (tertiary/aromatic N) is 1. The molecule has 0 aliphatic rings. The van der Waals surface area contributed by atoms with E-state index in [1.807, 2.05) is 30.3 Å². The summed E-state index contributed by atoms with van der Waals surface area (Å²) in [4.78, 5) is 0. The van der Waals surface area contributed by atoms with Crippen molar-refractivity contribution in [3.63, 3.8) is 0 Å². The van der Waals surface area contributed by atoms with E-state index in [0.717, 1.165) is 6.42 Å². The van der Waals surface area contributed by atoms with Crippen molar-refractivity contribution in [3.05, 3.63) is 35.4 Å². The van der Waals surface area contributed by atoms with Gasteiger partial charge in [0.05, 0.1) is 18.6 Å². The van der Waals surface area contributed by atoms with Gasteiger partial charge in [0.25, 0.3) is 0 Å². The summed E-state index contributed by atoms with van der Waals surface area (Å²) in [5.41, 5.74) is 1.87. The molecule has 0 saturated heterocycles. The zero-order valence-corrected chi connectivity index (χ0v) is 10.3. The second kappa shape index (κ2) is 6.39. The molecule has 0 aromatic heterocycles. The van der Waals surface area contributed by atoms with Gasteiger partial charge in [-0.3, -0.25) is 0 Å². The third-order valence-corrected chi connectivity index (χ3v) is 2.63. The molecule has 0 radical (unpaired) electrons. The summed E-state index contributed by atoms with van der Waals surface area (Å²) in [5, 5.41) is 27.8. The highest BCUT2D eigenvalue weighted by atomic mass is 16.3. The van der Waals surface area contributed by atoms with Crippen molar-refractivity contribution in [2.75, 3.05) is 0 Å².